The van der Waals surface area contributed by atoms with Crippen LogP contribution in [0.5, 0.6) is 0 Å². The topological polar surface area (TPSA) is 38.0 Å². The summed E-state index contributed by atoms with van der Waals surface area (Å²) in [4.78, 5) is 0. The number of rotatable bonds is 0. The Kier molecular flexibility index (Phi) is 2.32. The molecule has 0 aromatic carbocycles. The third-order valence-corrected chi connectivity index (χ3v) is 2.00. The highest BCUT2D eigenvalue weighted by molar-refractivity contribution is 9.12. The monoisotopic (exact) mass is 251 g/mol. The molecule has 0 spiro atoms. The van der Waals surface area contributed by atoms with Gasteiger partial charge in [-0.25, -0.2) is 0 Å². The van der Waals surface area contributed by atoms with Gasteiger partial charge >= 0.3 is 0 Å². The van der Waals surface area contributed by atoms with Crippen molar-refractivity contribution in [1.29, 1.82) is 0 Å². The van der Waals surface area contributed by atoms with Crippen LogP contribution in [0, 0.1) is 6.17 Å². The SMILES string of the molecule is N[C]1NC=C(Br)C=C1Br. The summed E-state index contributed by atoms with van der Waals surface area (Å²) < 4.78 is 1.85. The van der Waals surface area contributed by atoms with Crippen molar-refractivity contribution < 1.29 is 0 Å². The number of hydrogen-bond donors (Lipinski definition) is 2. The molecule has 9 heavy (non-hydrogen) atoms. The average molecular weight is 253 g/mol. The van der Waals surface area contributed by atoms with Crippen LogP contribution < -0.4 is 11.1 Å². The number of nitrogens with two attached hydrogens (primary N) is 1. The highest BCUT2D eigenvalue weighted by atomic mass is 79.9. The predicted molar refractivity (Wildman–Crippen MR) is 44.6 cm³/mol. The molecule has 4 heteroatoms. The molecule has 1 rings (SSSR count). The molecular weight excluding hydrogens is 248 g/mol. The van der Waals surface area contributed by atoms with Crippen LogP contribution >= 0.6 is 31.9 Å². The Labute approximate surface area is 70.4 Å². The molecule has 0 aliphatic carbocycles. The van der Waals surface area contributed by atoms with Gasteiger partial charge in [0.25, 0.3) is 0 Å². The van der Waals surface area contributed by atoms with Crippen LogP contribution in [0.15, 0.2) is 21.2 Å². The first-order valence-electron chi connectivity index (χ1n) is 2.32. The quantitative estimate of drug-likeness (QED) is 0.687. The third kappa shape index (κ3) is 1.81. The summed E-state index contributed by atoms with van der Waals surface area (Å²) >= 11 is 6.54. The van der Waals surface area contributed by atoms with Crippen LogP contribution in [-0.2, 0) is 0 Å². The van der Waals surface area contributed by atoms with Crippen LogP contribution in [0.2, 0.25) is 0 Å². The van der Waals surface area contributed by atoms with Gasteiger partial charge in [0.05, 0.1) is 0 Å². The molecule has 0 unspecified atom stereocenters. The molecule has 1 aliphatic heterocycles. The smallest absolute Gasteiger partial charge is 0.161 e. The molecule has 0 saturated heterocycles. The molecule has 49 valence electrons. The maximum Gasteiger partial charge on any atom is 0.161 e. The molecule has 0 aromatic rings. The summed E-state index contributed by atoms with van der Waals surface area (Å²) in [5.74, 6) is 0. The van der Waals surface area contributed by atoms with Crippen molar-refractivity contribution in [1.82, 2.24) is 5.32 Å². The lowest BCUT2D eigenvalue weighted by atomic mass is 10.3. The normalized spacial score (nSPS) is 20.3. The van der Waals surface area contributed by atoms with E-state index in [1.54, 1.807) is 6.20 Å². The fraction of sp³-hybridized carbons (Fsp3) is 0. The van der Waals surface area contributed by atoms with E-state index in [4.69, 9.17) is 5.73 Å². The first-order chi connectivity index (χ1) is 4.20. The molecule has 0 atom stereocenters. The van der Waals surface area contributed by atoms with Crippen molar-refractivity contribution in [2.24, 2.45) is 5.73 Å². The second kappa shape index (κ2) is 2.86. The van der Waals surface area contributed by atoms with Crippen molar-refractivity contribution in [2.45, 2.75) is 0 Å². The molecule has 1 heterocycles. The molecule has 1 radical (unpaired) electrons. The Balaban J connectivity index is 2.74. The van der Waals surface area contributed by atoms with Crippen LogP contribution in [0.25, 0.3) is 0 Å². The van der Waals surface area contributed by atoms with E-state index in [0.29, 0.717) is 6.17 Å². The van der Waals surface area contributed by atoms with Gasteiger partial charge in [0.15, 0.2) is 6.17 Å². The lowest BCUT2D eigenvalue weighted by molar-refractivity contribution is 0.887. The van der Waals surface area contributed by atoms with Crippen molar-refractivity contribution in [3.63, 3.8) is 0 Å². The number of nitrogens with one attached hydrogen (secondary N) is 1. The Morgan fingerprint density at radius 1 is 1.44 bits per heavy atom. The number of dihydropyridines is 1. The minimum Gasteiger partial charge on any atom is -0.365 e. The van der Waals surface area contributed by atoms with Crippen LogP contribution in [0.4, 0.5) is 0 Å². The van der Waals surface area contributed by atoms with Crippen molar-refractivity contribution in [3.8, 4) is 0 Å². The summed E-state index contributed by atoms with van der Waals surface area (Å²) in [6.45, 7) is 0. The fourth-order valence-corrected chi connectivity index (χ4v) is 1.47. The molecule has 0 aromatic heterocycles. The van der Waals surface area contributed by atoms with E-state index in [1.807, 2.05) is 6.08 Å². The van der Waals surface area contributed by atoms with Crippen LogP contribution in [0.3, 0.4) is 0 Å². The lowest BCUT2D eigenvalue weighted by Gasteiger charge is -2.13. The number of allylic oxidation sites excluding steroid dienone is 2. The zero-order valence-corrected chi connectivity index (χ0v) is 7.66. The summed E-state index contributed by atoms with van der Waals surface area (Å²) in [5.41, 5.74) is 5.47. The van der Waals surface area contributed by atoms with Gasteiger partial charge < -0.3 is 11.1 Å². The van der Waals surface area contributed by atoms with E-state index in [1.165, 1.54) is 0 Å². The van der Waals surface area contributed by atoms with E-state index < -0.39 is 0 Å². The van der Waals surface area contributed by atoms with E-state index in [2.05, 4.69) is 37.2 Å². The van der Waals surface area contributed by atoms with Gasteiger partial charge in [-0.1, -0.05) is 15.9 Å². The lowest BCUT2D eigenvalue weighted by Crippen LogP contribution is -2.26. The van der Waals surface area contributed by atoms with E-state index >= 15 is 0 Å². The van der Waals surface area contributed by atoms with Crippen LogP contribution in [0.1, 0.15) is 0 Å². The molecule has 0 fully saturated rings. The van der Waals surface area contributed by atoms with Gasteiger partial charge in [0.2, 0.25) is 0 Å². The molecule has 0 saturated carbocycles. The third-order valence-electron chi connectivity index (χ3n) is 0.887. The van der Waals surface area contributed by atoms with Gasteiger partial charge in [-0.3, -0.25) is 0 Å². The molecular formula is C5H5Br2N2. The largest absolute Gasteiger partial charge is 0.365 e. The zero-order valence-electron chi connectivity index (χ0n) is 4.49. The Bertz CT molecular complexity index is 174. The summed E-state index contributed by atoms with van der Waals surface area (Å²) in [6.07, 6.45) is 4.30. The second-order valence-corrected chi connectivity index (χ2v) is 3.35. The number of halogens is 2. The highest BCUT2D eigenvalue weighted by Gasteiger charge is 2.09. The standard InChI is InChI=1S/C5H5Br2N2/c6-3-1-4(7)5(8)9-2-3/h1-2,9H,8H2. The van der Waals surface area contributed by atoms with E-state index in [9.17, 15) is 0 Å². The van der Waals surface area contributed by atoms with Gasteiger partial charge in [-0.05, 0) is 22.0 Å². The molecule has 2 nitrogen and oxygen atoms in total. The predicted octanol–water partition coefficient (Wildman–Crippen LogP) is 1.55. The van der Waals surface area contributed by atoms with E-state index in [-0.39, 0.29) is 0 Å². The maximum atomic E-state index is 5.47. The molecule has 3 N–H and O–H groups in total. The average Bonchev–Trinajstić information content (AvgIpc) is 1.80. The minimum absolute atomic E-state index is 0.637. The highest BCUT2D eigenvalue weighted by Crippen LogP contribution is 2.22. The van der Waals surface area contributed by atoms with E-state index in [0.717, 1.165) is 8.96 Å². The number of hydrogen-bond acceptors (Lipinski definition) is 2. The summed E-state index contributed by atoms with van der Waals surface area (Å²) in [6, 6.07) is 0. The van der Waals surface area contributed by atoms with Crippen molar-refractivity contribution >= 4 is 31.9 Å². The molecule has 0 bridgehead atoms. The minimum atomic E-state index is 0.637. The van der Waals surface area contributed by atoms with Gasteiger partial charge in [0, 0.05) is 15.2 Å². The Morgan fingerprint density at radius 3 is 2.56 bits per heavy atom. The fourth-order valence-electron chi connectivity index (χ4n) is 0.456. The second-order valence-electron chi connectivity index (χ2n) is 1.58. The summed E-state index contributed by atoms with van der Waals surface area (Å²) in [7, 11) is 0. The molecule has 0 amide bonds. The van der Waals surface area contributed by atoms with Crippen LogP contribution in [-0.4, -0.2) is 0 Å². The van der Waals surface area contributed by atoms with Gasteiger partial charge in [-0.15, -0.1) is 0 Å². The first-order valence-corrected chi connectivity index (χ1v) is 3.91. The van der Waals surface area contributed by atoms with Gasteiger partial charge in [-0.2, -0.15) is 0 Å². The molecule has 1 aliphatic rings. The summed E-state index contributed by atoms with van der Waals surface area (Å²) in [5, 5.41) is 2.85. The Morgan fingerprint density at radius 2 is 2.11 bits per heavy atom. The maximum absolute atomic E-state index is 5.47. The zero-order chi connectivity index (χ0) is 6.85. The van der Waals surface area contributed by atoms with Crippen molar-refractivity contribution in [2.75, 3.05) is 0 Å². The van der Waals surface area contributed by atoms with Crippen molar-refractivity contribution in [3.05, 3.63) is 27.4 Å². The van der Waals surface area contributed by atoms with Gasteiger partial charge in [0.1, 0.15) is 0 Å². The Hall–Kier alpha value is 0.200. The first kappa shape index (κ1) is 7.31.